The Kier molecular flexibility index (Phi) is 6.07. The van der Waals surface area contributed by atoms with Crippen molar-refractivity contribution in [1.82, 2.24) is 20.3 Å². The maximum atomic E-state index is 5.15. The van der Waals surface area contributed by atoms with Crippen molar-refractivity contribution in [3.8, 4) is 16.6 Å². The molecule has 2 aromatic rings. The largest absolute Gasteiger partial charge is 0.481 e. The van der Waals surface area contributed by atoms with Crippen LogP contribution >= 0.6 is 11.3 Å². The zero-order valence-electron chi connectivity index (χ0n) is 12.8. The average molecular weight is 306 g/mol. The fourth-order valence-electron chi connectivity index (χ4n) is 2.01. The number of nitrogens with one attached hydrogen (secondary N) is 1. The molecular weight excluding hydrogens is 284 g/mol. The molecule has 0 fully saturated rings. The molecule has 1 N–H and O–H groups in total. The minimum absolute atomic E-state index is 0.567. The monoisotopic (exact) mass is 306 g/mol. The van der Waals surface area contributed by atoms with Gasteiger partial charge in [-0.05, 0) is 19.4 Å². The second-order valence-electron chi connectivity index (χ2n) is 4.76. The highest BCUT2D eigenvalue weighted by Gasteiger charge is 2.13. The van der Waals surface area contributed by atoms with Crippen molar-refractivity contribution in [2.24, 2.45) is 0 Å². The molecule has 0 unspecified atom stereocenters. The maximum absolute atomic E-state index is 5.15. The molecule has 2 aromatic heterocycles. The second-order valence-corrected chi connectivity index (χ2v) is 5.84. The molecule has 21 heavy (non-hydrogen) atoms. The summed E-state index contributed by atoms with van der Waals surface area (Å²) in [6, 6.07) is 1.83. The van der Waals surface area contributed by atoms with Gasteiger partial charge < -0.3 is 10.1 Å². The van der Waals surface area contributed by atoms with Crippen LogP contribution in [0.15, 0.2) is 12.4 Å². The summed E-state index contributed by atoms with van der Waals surface area (Å²) in [4.78, 5) is 14.4. The Morgan fingerprint density at radius 2 is 2.10 bits per heavy atom. The van der Waals surface area contributed by atoms with E-state index in [9.17, 15) is 0 Å². The summed E-state index contributed by atoms with van der Waals surface area (Å²) in [5.41, 5.74) is 2.00. The second kappa shape index (κ2) is 8.05. The fourth-order valence-corrected chi connectivity index (χ4v) is 3.06. The Morgan fingerprint density at radius 1 is 1.24 bits per heavy atom. The van der Waals surface area contributed by atoms with Crippen molar-refractivity contribution in [2.75, 3.05) is 13.7 Å². The number of hydrogen-bond acceptors (Lipinski definition) is 6. The van der Waals surface area contributed by atoms with Crippen LogP contribution in [0.4, 0.5) is 0 Å². The van der Waals surface area contributed by atoms with Crippen LogP contribution in [0.2, 0.25) is 0 Å². The van der Waals surface area contributed by atoms with Crippen LogP contribution < -0.4 is 10.1 Å². The molecule has 0 spiro atoms. The van der Waals surface area contributed by atoms with E-state index in [-0.39, 0.29) is 0 Å². The van der Waals surface area contributed by atoms with Gasteiger partial charge in [-0.15, -0.1) is 11.3 Å². The standard InChI is InChI=1S/C15H22N4OS/c1-4-6-11-13(9-16-7-5-2)21-15(19-11)12-8-14(20-3)18-10-17-12/h8,10,16H,4-7,9H2,1-3H3. The third-order valence-electron chi connectivity index (χ3n) is 3.05. The lowest BCUT2D eigenvalue weighted by Crippen LogP contribution is -2.13. The first-order valence-corrected chi connectivity index (χ1v) is 8.15. The number of thiazole rings is 1. The van der Waals surface area contributed by atoms with Gasteiger partial charge in [0.05, 0.1) is 12.8 Å². The van der Waals surface area contributed by atoms with E-state index in [1.807, 2.05) is 6.07 Å². The number of ether oxygens (including phenoxy) is 1. The number of rotatable bonds is 8. The van der Waals surface area contributed by atoms with E-state index < -0.39 is 0 Å². The Bertz CT molecular complexity index is 571. The van der Waals surface area contributed by atoms with E-state index in [0.29, 0.717) is 5.88 Å². The maximum Gasteiger partial charge on any atom is 0.216 e. The molecule has 0 aliphatic heterocycles. The van der Waals surface area contributed by atoms with E-state index in [1.165, 1.54) is 16.9 Å². The summed E-state index contributed by atoms with van der Waals surface area (Å²) in [7, 11) is 1.61. The zero-order valence-corrected chi connectivity index (χ0v) is 13.7. The summed E-state index contributed by atoms with van der Waals surface area (Å²) in [6.45, 7) is 6.25. The predicted molar refractivity (Wildman–Crippen MR) is 85.7 cm³/mol. The van der Waals surface area contributed by atoms with Gasteiger partial charge in [0, 0.05) is 17.5 Å². The predicted octanol–water partition coefficient (Wildman–Crippen LogP) is 3.06. The highest BCUT2D eigenvalue weighted by molar-refractivity contribution is 7.15. The molecule has 0 amide bonds. The Morgan fingerprint density at radius 3 is 2.81 bits per heavy atom. The van der Waals surface area contributed by atoms with Gasteiger partial charge in [0.2, 0.25) is 5.88 Å². The lowest BCUT2D eigenvalue weighted by molar-refractivity contribution is 0.397. The van der Waals surface area contributed by atoms with Gasteiger partial charge in [0.25, 0.3) is 0 Å². The first-order valence-electron chi connectivity index (χ1n) is 7.34. The Balaban J connectivity index is 2.24. The van der Waals surface area contributed by atoms with Crippen LogP contribution in [0.3, 0.4) is 0 Å². The van der Waals surface area contributed by atoms with Gasteiger partial charge >= 0.3 is 0 Å². The smallest absolute Gasteiger partial charge is 0.216 e. The summed E-state index contributed by atoms with van der Waals surface area (Å²) >= 11 is 1.70. The van der Waals surface area contributed by atoms with Crippen LogP contribution in [-0.2, 0) is 13.0 Å². The number of aryl methyl sites for hydroxylation is 1. The van der Waals surface area contributed by atoms with Crippen LogP contribution in [0, 0.1) is 0 Å². The van der Waals surface area contributed by atoms with Crippen molar-refractivity contribution in [1.29, 1.82) is 0 Å². The van der Waals surface area contributed by atoms with Crippen molar-refractivity contribution in [2.45, 2.75) is 39.7 Å². The molecule has 6 heteroatoms. The van der Waals surface area contributed by atoms with E-state index >= 15 is 0 Å². The molecular formula is C15H22N4OS. The minimum Gasteiger partial charge on any atom is -0.481 e. The topological polar surface area (TPSA) is 59.9 Å². The van der Waals surface area contributed by atoms with Crippen molar-refractivity contribution in [3.05, 3.63) is 23.0 Å². The summed E-state index contributed by atoms with van der Waals surface area (Å²) in [5.74, 6) is 0.567. The molecule has 0 saturated heterocycles. The lowest BCUT2D eigenvalue weighted by atomic mass is 10.2. The van der Waals surface area contributed by atoms with Gasteiger partial charge in [-0.2, -0.15) is 0 Å². The highest BCUT2D eigenvalue weighted by atomic mass is 32.1. The molecule has 0 aliphatic carbocycles. The van der Waals surface area contributed by atoms with E-state index in [0.717, 1.165) is 43.1 Å². The number of hydrogen-bond donors (Lipinski definition) is 1. The van der Waals surface area contributed by atoms with E-state index in [4.69, 9.17) is 9.72 Å². The molecule has 5 nitrogen and oxygen atoms in total. The SMILES string of the molecule is CCCNCc1sc(-c2cc(OC)ncn2)nc1CCC. The average Bonchev–Trinajstić information content (AvgIpc) is 2.91. The van der Waals surface area contributed by atoms with Crippen molar-refractivity contribution >= 4 is 11.3 Å². The number of aromatic nitrogens is 3. The highest BCUT2D eigenvalue weighted by Crippen LogP contribution is 2.28. The third kappa shape index (κ3) is 4.22. The van der Waals surface area contributed by atoms with E-state index in [1.54, 1.807) is 18.4 Å². The molecule has 0 bridgehead atoms. The molecule has 0 atom stereocenters. The minimum atomic E-state index is 0.567. The van der Waals surface area contributed by atoms with Gasteiger partial charge in [0.15, 0.2) is 0 Å². The van der Waals surface area contributed by atoms with Crippen molar-refractivity contribution in [3.63, 3.8) is 0 Å². The first-order chi connectivity index (χ1) is 10.3. The Hall–Kier alpha value is -1.53. The normalized spacial score (nSPS) is 10.8. The number of methoxy groups -OCH3 is 1. The van der Waals surface area contributed by atoms with Crippen LogP contribution in [0.25, 0.3) is 10.7 Å². The zero-order chi connectivity index (χ0) is 15.1. The fraction of sp³-hybridized carbons (Fsp3) is 0.533. The molecule has 0 aromatic carbocycles. The lowest BCUT2D eigenvalue weighted by Gasteiger charge is -2.02. The van der Waals surface area contributed by atoms with Crippen LogP contribution in [0.1, 0.15) is 37.3 Å². The summed E-state index contributed by atoms with van der Waals surface area (Å²) < 4.78 is 5.15. The van der Waals surface area contributed by atoms with E-state index in [2.05, 4.69) is 29.1 Å². The van der Waals surface area contributed by atoms with Gasteiger partial charge in [-0.3, -0.25) is 0 Å². The third-order valence-corrected chi connectivity index (χ3v) is 4.17. The molecule has 0 saturated carbocycles. The molecule has 0 radical (unpaired) electrons. The quantitative estimate of drug-likeness (QED) is 0.760. The number of nitrogens with zero attached hydrogens (tertiary/aromatic N) is 3. The summed E-state index contributed by atoms with van der Waals surface area (Å²) in [6.07, 6.45) is 4.75. The van der Waals surface area contributed by atoms with Crippen molar-refractivity contribution < 1.29 is 4.74 Å². The van der Waals surface area contributed by atoms with Crippen LogP contribution in [-0.4, -0.2) is 28.6 Å². The first kappa shape index (κ1) is 15.9. The van der Waals surface area contributed by atoms with Gasteiger partial charge in [-0.1, -0.05) is 20.3 Å². The molecule has 0 aliphatic rings. The van der Waals surface area contributed by atoms with Gasteiger partial charge in [0.1, 0.15) is 17.0 Å². The molecule has 2 heterocycles. The summed E-state index contributed by atoms with van der Waals surface area (Å²) in [5, 5.41) is 4.39. The van der Waals surface area contributed by atoms with Crippen LogP contribution in [0.5, 0.6) is 5.88 Å². The molecule has 114 valence electrons. The molecule has 2 rings (SSSR count). The van der Waals surface area contributed by atoms with Gasteiger partial charge in [-0.25, -0.2) is 15.0 Å². The Labute approximate surface area is 129 Å².